The molecule has 1 aromatic carbocycles. The number of ether oxygens (including phenoxy) is 1. The first kappa shape index (κ1) is 43.8. The molecule has 1 amide bonds. The molecule has 2 aliphatic heterocycles. The summed E-state index contributed by atoms with van der Waals surface area (Å²) in [6, 6.07) is 10.9. The Morgan fingerprint density at radius 2 is 1.60 bits per heavy atom. The number of nitrogens with zero attached hydrogens (tertiary/aromatic N) is 3. The number of benzene rings is 1. The summed E-state index contributed by atoms with van der Waals surface area (Å²) in [6.07, 6.45) is 8.43. The van der Waals surface area contributed by atoms with Crippen molar-refractivity contribution in [2.45, 2.75) is 86.0 Å². The highest BCUT2D eigenvalue weighted by Gasteiger charge is 2.32. The van der Waals surface area contributed by atoms with Gasteiger partial charge >= 0.3 is 12.1 Å². The van der Waals surface area contributed by atoms with Gasteiger partial charge in [-0.1, -0.05) is 61.2 Å². The van der Waals surface area contributed by atoms with Crippen LogP contribution < -0.4 is 14.9 Å². The summed E-state index contributed by atoms with van der Waals surface area (Å²) in [6.45, 7) is 2.98. The topological polar surface area (TPSA) is 175 Å². The molecule has 1 unspecified atom stereocenters. The van der Waals surface area contributed by atoms with Gasteiger partial charge in [0.2, 0.25) is 10.0 Å². The van der Waals surface area contributed by atoms with Gasteiger partial charge in [-0.15, -0.1) is 11.3 Å². The molecule has 0 radical (unpaired) electrons. The highest BCUT2D eigenvalue weighted by molar-refractivity contribution is 9.11. The van der Waals surface area contributed by atoms with E-state index in [1.54, 1.807) is 10.4 Å². The summed E-state index contributed by atoms with van der Waals surface area (Å²) in [4.78, 5) is 30.3. The Bertz CT molecular complexity index is 1960. The molecule has 2 aromatic heterocycles. The molecular weight excluding hydrogens is 922 g/mol. The molecule has 5 rings (SSSR count). The number of carboxylic acids is 1. The van der Waals surface area contributed by atoms with Gasteiger partial charge in [-0.25, -0.2) is 26.6 Å². The Labute approximate surface area is 348 Å². The monoisotopic (exact) mass is 965 g/mol. The minimum absolute atomic E-state index is 0.0327. The van der Waals surface area contributed by atoms with Crippen molar-refractivity contribution in [3.05, 3.63) is 67.5 Å². The number of rotatable bonds is 18. The summed E-state index contributed by atoms with van der Waals surface area (Å²) < 4.78 is 63.3. The molecule has 302 valence electrons. The van der Waals surface area contributed by atoms with Gasteiger partial charge in [-0.2, -0.15) is 9.03 Å². The predicted octanol–water partition coefficient (Wildman–Crippen LogP) is 7.64. The van der Waals surface area contributed by atoms with Crippen LogP contribution in [0.3, 0.4) is 0 Å². The van der Waals surface area contributed by atoms with Gasteiger partial charge < -0.3 is 20.1 Å². The van der Waals surface area contributed by atoms with E-state index in [1.807, 2.05) is 30.3 Å². The van der Waals surface area contributed by atoms with Crippen LogP contribution in [-0.2, 0) is 36.2 Å². The van der Waals surface area contributed by atoms with Crippen molar-refractivity contribution >= 4 is 92.7 Å². The van der Waals surface area contributed by atoms with Gasteiger partial charge in [0.1, 0.15) is 31.9 Å². The zero-order valence-corrected chi connectivity index (χ0v) is 36.5. The number of carboxylic acid groups (broad SMARTS) is 1. The van der Waals surface area contributed by atoms with Crippen LogP contribution in [0.1, 0.15) is 69.8 Å². The summed E-state index contributed by atoms with van der Waals surface area (Å²) in [5.41, 5.74) is 0.855. The van der Waals surface area contributed by atoms with Gasteiger partial charge in [0.25, 0.3) is 10.0 Å². The van der Waals surface area contributed by atoms with Crippen LogP contribution in [0.2, 0.25) is 4.34 Å². The van der Waals surface area contributed by atoms with E-state index in [-0.39, 0.29) is 28.7 Å². The molecule has 2 aliphatic rings. The number of carbonyl (C=O) groups is 2. The number of sulfonamides is 2. The molecule has 0 bridgehead atoms. The number of alkyl carbamates (subject to hydrolysis) is 1. The van der Waals surface area contributed by atoms with Gasteiger partial charge in [0.05, 0.1) is 4.47 Å². The zero-order valence-electron chi connectivity index (χ0n) is 30.2. The minimum Gasteiger partial charge on any atom is -0.480 e. The lowest BCUT2D eigenvalue weighted by atomic mass is 9.87. The SMILES string of the molecule is O=C(NCCCCC(NS(=O)(=O)c1cnc(N2CCC(CCCC3CCN(S(=O)(=O)c4cc(Br)c(Cl)s4)CC3)CC2)c(Br)c1)C(=O)O)OCc1ccccc1. The Kier molecular flexibility index (Phi) is 16.2. The Morgan fingerprint density at radius 3 is 2.20 bits per heavy atom. The number of anilines is 1. The van der Waals surface area contributed by atoms with Crippen molar-refractivity contribution in [1.82, 2.24) is 19.3 Å². The van der Waals surface area contributed by atoms with Crippen LogP contribution in [-0.4, -0.2) is 82.1 Å². The van der Waals surface area contributed by atoms with Crippen molar-refractivity contribution in [2.75, 3.05) is 37.6 Å². The van der Waals surface area contributed by atoms with Crippen molar-refractivity contribution in [2.24, 2.45) is 11.8 Å². The average Bonchev–Trinajstić information content (AvgIpc) is 3.52. The van der Waals surface area contributed by atoms with Crippen molar-refractivity contribution in [1.29, 1.82) is 0 Å². The largest absolute Gasteiger partial charge is 0.480 e. The number of aliphatic carboxylic acids is 1. The first-order chi connectivity index (χ1) is 26.2. The third-order valence-electron chi connectivity index (χ3n) is 10.0. The normalized spacial score (nSPS) is 16.9. The number of pyridine rings is 1. The summed E-state index contributed by atoms with van der Waals surface area (Å²) >= 11 is 13.9. The molecule has 55 heavy (non-hydrogen) atoms. The first-order valence-corrected chi connectivity index (χ1v) is 24.0. The maximum atomic E-state index is 13.2. The summed E-state index contributed by atoms with van der Waals surface area (Å²) in [5, 5.41) is 12.3. The number of carbonyl (C=O) groups excluding carboxylic acids is 1. The first-order valence-electron chi connectivity index (χ1n) is 18.3. The quantitative estimate of drug-likeness (QED) is 0.108. The number of aromatic nitrogens is 1. The van der Waals surface area contributed by atoms with E-state index in [9.17, 15) is 31.5 Å². The van der Waals surface area contributed by atoms with E-state index in [1.165, 1.54) is 12.3 Å². The molecular formula is C36H46Br2ClN5O8S3. The second-order valence-electron chi connectivity index (χ2n) is 13.9. The number of unbranched alkanes of at least 4 members (excludes halogenated alkanes) is 1. The molecule has 4 heterocycles. The molecule has 0 aliphatic carbocycles. The van der Waals surface area contributed by atoms with E-state index < -0.39 is 38.2 Å². The predicted molar refractivity (Wildman–Crippen MR) is 219 cm³/mol. The molecule has 2 fully saturated rings. The molecule has 3 aromatic rings. The van der Waals surface area contributed by atoms with Crippen molar-refractivity contribution in [3.63, 3.8) is 0 Å². The van der Waals surface area contributed by atoms with E-state index in [2.05, 4.69) is 51.8 Å². The van der Waals surface area contributed by atoms with Gasteiger partial charge in [-0.05, 0) is 106 Å². The fourth-order valence-corrected chi connectivity index (χ4v) is 12.7. The molecule has 2 saturated heterocycles. The molecule has 0 saturated carbocycles. The molecule has 0 spiro atoms. The minimum atomic E-state index is -4.19. The van der Waals surface area contributed by atoms with Gasteiger partial charge in [0, 0.05) is 43.4 Å². The lowest BCUT2D eigenvalue weighted by Gasteiger charge is -2.34. The molecule has 13 nitrogen and oxygen atoms in total. The molecule has 1 atom stereocenters. The average molecular weight is 968 g/mol. The molecule has 19 heteroatoms. The van der Waals surface area contributed by atoms with Crippen LogP contribution >= 0.6 is 54.8 Å². The maximum Gasteiger partial charge on any atom is 0.407 e. The fourth-order valence-electron chi connectivity index (χ4n) is 6.87. The Hall–Kier alpha value is -2.32. The maximum absolute atomic E-state index is 13.2. The van der Waals surface area contributed by atoms with Gasteiger partial charge in [-0.3, -0.25) is 4.79 Å². The highest BCUT2D eigenvalue weighted by Crippen LogP contribution is 2.38. The standard InChI is InChI=1S/C36H46Br2ClN5O8S3/c37-29-22-32(53-33(29)39)55(50,51)44-19-14-26(15-20-44)10-6-9-25-12-17-43(18-13-25)34-30(38)21-28(23-41-34)54(48,49)42-31(35(45)46)11-4-5-16-40-36(47)52-24-27-7-2-1-3-8-27/h1-3,7-8,21-23,25-26,31,42H,4-6,9-20,24H2,(H,40,47)(H,45,46). The van der Waals surface area contributed by atoms with Gasteiger partial charge in [0.15, 0.2) is 0 Å². The van der Waals surface area contributed by atoms with Crippen LogP contribution in [0.5, 0.6) is 0 Å². The third-order valence-corrected chi connectivity index (χ3v) is 16.9. The molecule has 3 N–H and O–H groups in total. The Morgan fingerprint density at radius 1 is 0.945 bits per heavy atom. The van der Waals surface area contributed by atoms with Crippen LogP contribution in [0, 0.1) is 11.8 Å². The second kappa shape index (κ2) is 20.4. The lowest BCUT2D eigenvalue weighted by Crippen LogP contribution is -2.41. The number of amides is 1. The van der Waals surface area contributed by atoms with Crippen LogP contribution in [0.25, 0.3) is 0 Å². The van der Waals surface area contributed by atoms with E-state index in [0.717, 1.165) is 74.9 Å². The van der Waals surface area contributed by atoms with Crippen LogP contribution in [0.15, 0.2) is 66.7 Å². The Balaban J connectivity index is 0.998. The number of hydrogen-bond donors (Lipinski definition) is 3. The fraction of sp³-hybridized carbons (Fsp3) is 0.528. The zero-order chi connectivity index (χ0) is 39.6. The third kappa shape index (κ3) is 12.6. The summed E-state index contributed by atoms with van der Waals surface area (Å²) in [7, 11) is -7.72. The lowest BCUT2D eigenvalue weighted by molar-refractivity contribution is -0.139. The van der Waals surface area contributed by atoms with E-state index in [4.69, 9.17) is 16.3 Å². The summed E-state index contributed by atoms with van der Waals surface area (Å²) in [5.74, 6) is 0.417. The number of thiophene rings is 1. The van der Waals surface area contributed by atoms with E-state index >= 15 is 0 Å². The second-order valence-corrected chi connectivity index (χ2v) is 21.1. The number of hydrogen-bond acceptors (Lipinski definition) is 10. The number of nitrogens with one attached hydrogen (secondary N) is 2. The number of halogens is 3. The van der Waals surface area contributed by atoms with Crippen molar-refractivity contribution < 1.29 is 36.3 Å². The van der Waals surface area contributed by atoms with Crippen molar-refractivity contribution in [3.8, 4) is 0 Å². The van der Waals surface area contributed by atoms with Crippen LogP contribution in [0.4, 0.5) is 10.6 Å². The smallest absolute Gasteiger partial charge is 0.407 e. The number of piperidine rings is 2. The highest BCUT2D eigenvalue weighted by atomic mass is 79.9. The van der Waals surface area contributed by atoms with E-state index in [0.29, 0.717) is 56.9 Å².